The predicted molar refractivity (Wildman–Crippen MR) is 92.7 cm³/mol. The van der Waals surface area contributed by atoms with Crippen LogP contribution in [0.15, 0.2) is 52.6 Å². The molecule has 1 atom stereocenters. The van der Waals surface area contributed by atoms with Crippen LogP contribution in [0.1, 0.15) is 19.6 Å². The standard InChI is InChI=1S/C19H23NO4/c1-13-9-15-10-16(6-7-17(15)24-13)23-11-14-5-4-8-20(18(14)22)19(2,3)12-21/h4-10,18,21-22H,11-12H2,1-3H3. The lowest BCUT2D eigenvalue weighted by atomic mass is 10.0. The van der Waals surface area contributed by atoms with Crippen LogP contribution in [0.4, 0.5) is 0 Å². The molecule has 24 heavy (non-hydrogen) atoms. The number of hydrogen-bond acceptors (Lipinski definition) is 5. The molecule has 0 radical (unpaired) electrons. The van der Waals surface area contributed by atoms with E-state index in [1.165, 1.54) is 0 Å². The van der Waals surface area contributed by atoms with Crippen molar-refractivity contribution < 1.29 is 19.4 Å². The first-order chi connectivity index (χ1) is 11.4. The SMILES string of the molecule is Cc1cc2cc(OCC3=CC=CN(C(C)(C)CO)C3O)ccc2o1. The van der Waals surface area contributed by atoms with E-state index in [0.717, 1.165) is 28.1 Å². The average Bonchev–Trinajstić information content (AvgIpc) is 2.93. The van der Waals surface area contributed by atoms with E-state index in [1.54, 1.807) is 11.1 Å². The van der Waals surface area contributed by atoms with Gasteiger partial charge in [-0.25, -0.2) is 0 Å². The van der Waals surface area contributed by atoms with E-state index in [2.05, 4.69) is 0 Å². The zero-order chi connectivity index (χ0) is 17.3. The minimum atomic E-state index is -0.822. The number of benzene rings is 1. The molecular weight excluding hydrogens is 306 g/mol. The molecule has 0 bridgehead atoms. The van der Waals surface area contributed by atoms with Crippen molar-refractivity contribution in [3.05, 3.63) is 54.0 Å². The maximum Gasteiger partial charge on any atom is 0.152 e. The molecule has 0 spiro atoms. The molecule has 1 unspecified atom stereocenters. The minimum absolute atomic E-state index is 0.0565. The van der Waals surface area contributed by atoms with Crippen molar-refractivity contribution in [2.45, 2.75) is 32.5 Å². The minimum Gasteiger partial charge on any atom is -0.489 e. The predicted octanol–water partition coefficient (Wildman–Crippen LogP) is 2.97. The number of aliphatic hydroxyl groups is 2. The van der Waals surface area contributed by atoms with Gasteiger partial charge in [-0.3, -0.25) is 0 Å². The Morgan fingerprint density at radius 3 is 2.83 bits per heavy atom. The van der Waals surface area contributed by atoms with Crippen LogP contribution >= 0.6 is 0 Å². The third-order valence-electron chi connectivity index (χ3n) is 4.25. The quantitative estimate of drug-likeness (QED) is 0.883. The first-order valence-electron chi connectivity index (χ1n) is 7.98. The Labute approximate surface area is 141 Å². The topological polar surface area (TPSA) is 66.1 Å². The summed E-state index contributed by atoms with van der Waals surface area (Å²) in [5.74, 6) is 1.58. The summed E-state index contributed by atoms with van der Waals surface area (Å²) in [4.78, 5) is 1.73. The molecule has 1 aromatic carbocycles. The Hall–Kier alpha value is -2.24. The number of furan rings is 1. The molecule has 2 heterocycles. The second-order valence-corrected chi connectivity index (χ2v) is 6.68. The Balaban J connectivity index is 1.71. The fourth-order valence-electron chi connectivity index (χ4n) is 2.75. The van der Waals surface area contributed by atoms with Crippen molar-refractivity contribution in [1.82, 2.24) is 4.90 Å². The van der Waals surface area contributed by atoms with Crippen LogP contribution < -0.4 is 4.74 Å². The highest BCUT2D eigenvalue weighted by Crippen LogP contribution is 2.27. The lowest BCUT2D eigenvalue weighted by Crippen LogP contribution is -2.51. The smallest absolute Gasteiger partial charge is 0.152 e. The number of fused-ring (bicyclic) bond motifs is 1. The summed E-state index contributed by atoms with van der Waals surface area (Å²) >= 11 is 0. The first kappa shape index (κ1) is 16.6. The lowest BCUT2D eigenvalue weighted by Gasteiger charge is -2.41. The Bertz CT molecular complexity index is 788. The largest absolute Gasteiger partial charge is 0.489 e. The van der Waals surface area contributed by atoms with E-state index in [-0.39, 0.29) is 13.2 Å². The highest BCUT2D eigenvalue weighted by atomic mass is 16.5. The number of aryl methyl sites for hydroxylation is 1. The van der Waals surface area contributed by atoms with Gasteiger partial charge >= 0.3 is 0 Å². The van der Waals surface area contributed by atoms with Crippen molar-refractivity contribution in [3.63, 3.8) is 0 Å². The van der Waals surface area contributed by atoms with Crippen LogP contribution in [0.25, 0.3) is 11.0 Å². The van der Waals surface area contributed by atoms with Crippen LogP contribution in [0.5, 0.6) is 5.75 Å². The third kappa shape index (κ3) is 3.18. The summed E-state index contributed by atoms with van der Waals surface area (Å²) in [7, 11) is 0. The fourth-order valence-corrected chi connectivity index (χ4v) is 2.75. The second-order valence-electron chi connectivity index (χ2n) is 6.68. The van der Waals surface area contributed by atoms with E-state index >= 15 is 0 Å². The zero-order valence-electron chi connectivity index (χ0n) is 14.2. The second kappa shape index (κ2) is 6.34. The summed E-state index contributed by atoms with van der Waals surface area (Å²) < 4.78 is 11.4. The highest BCUT2D eigenvalue weighted by molar-refractivity contribution is 5.79. The van der Waals surface area contributed by atoms with Crippen molar-refractivity contribution in [2.24, 2.45) is 0 Å². The number of aliphatic hydroxyl groups excluding tert-OH is 2. The van der Waals surface area contributed by atoms with Gasteiger partial charge in [0.25, 0.3) is 0 Å². The van der Waals surface area contributed by atoms with Gasteiger partial charge in [0.15, 0.2) is 6.23 Å². The molecule has 5 nitrogen and oxygen atoms in total. The molecule has 3 rings (SSSR count). The number of ether oxygens (including phenoxy) is 1. The van der Waals surface area contributed by atoms with E-state index in [0.29, 0.717) is 0 Å². The summed E-state index contributed by atoms with van der Waals surface area (Å²) in [6.07, 6.45) is 4.66. The molecule has 1 aliphatic rings. The van der Waals surface area contributed by atoms with E-state index in [4.69, 9.17) is 9.15 Å². The van der Waals surface area contributed by atoms with E-state index in [9.17, 15) is 10.2 Å². The first-order valence-corrected chi connectivity index (χ1v) is 7.98. The molecule has 0 amide bonds. The van der Waals surface area contributed by atoms with Gasteiger partial charge in [0, 0.05) is 17.2 Å². The van der Waals surface area contributed by atoms with E-state index < -0.39 is 11.8 Å². The van der Waals surface area contributed by atoms with Gasteiger partial charge < -0.3 is 24.3 Å². The van der Waals surface area contributed by atoms with Crippen LogP contribution in [0.2, 0.25) is 0 Å². The molecule has 1 aromatic heterocycles. The third-order valence-corrected chi connectivity index (χ3v) is 4.25. The van der Waals surface area contributed by atoms with Gasteiger partial charge in [-0.05, 0) is 51.1 Å². The van der Waals surface area contributed by atoms with Gasteiger partial charge in [-0.15, -0.1) is 0 Å². The van der Waals surface area contributed by atoms with Crippen molar-refractivity contribution in [1.29, 1.82) is 0 Å². The molecular formula is C19H23NO4. The Morgan fingerprint density at radius 2 is 2.08 bits per heavy atom. The highest BCUT2D eigenvalue weighted by Gasteiger charge is 2.31. The van der Waals surface area contributed by atoms with Gasteiger partial charge in [0.1, 0.15) is 23.7 Å². The maximum absolute atomic E-state index is 10.5. The van der Waals surface area contributed by atoms with Gasteiger partial charge in [-0.2, -0.15) is 0 Å². The fraction of sp³-hybridized carbons (Fsp3) is 0.368. The molecule has 5 heteroatoms. The number of rotatable bonds is 5. The molecule has 0 fully saturated rings. The monoisotopic (exact) mass is 329 g/mol. The summed E-state index contributed by atoms with van der Waals surface area (Å²) in [6.45, 7) is 5.87. The Kier molecular flexibility index (Phi) is 4.39. The molecule has 0 saturated heterocycles. The summed E-state index contributed by atoms with van der Waals surface area (Å²) in [5, 5.41) is 21.1. The normalized spacial score (nSPS) is 18.1. The van der Waals surface area contributed by atoms with Crippen molar-refractivity contribution >= 4 is 11.0 Å². The van der Waals surface area contributed by atoms with E-state index in [1.807, 2.05) is 57.2 Å². The molecule has 128 valence electrons. The molecule has 1 aliphatic heterocycles. The van der Waals surface area contributed by atoms with Crippen molar-refractivity contribution in [2.75, 3.05) is 13.2 Å². The Morgan fingerprint density at radius 1 is 1.29 bits per heavy atom. The summed E-state index contributed by atoms with van der Waals surface area (Å²) in [5.41, 5.74) is 1.01. The van der Waals surface area contributed by atoms with Gasteiger partial charge in [-0.1, -0.05) is 6.08 Å². The average molecular weight is 329 g/mol. The van der Waals surface area contributed by atoms with Crippen LogP contribution in [-0.2, 0) is 0 Å². The van der Waals surface area contributed by atoms with Crippen LogP contribution in [0.3, 0.4) is 0 Å². The van der Waals surface area contributed by atoms with Gasteiger partial charge in [0.2, 0.25) is 0 Å². The molecule has 2 aromatic rings. The number of hydrogen-bond donors (Lipinski definition) is 2. The molecule has 0 saturated carbocycles. The lowest BCUT2D eigenvalue weighted by molar-refractivity contribution is -0.0251. The zero-order valence-corrected chi connectivity index (χ0v) is 14.2. The van der Waals surface area contributed by atoms with Crippen LogP contribution in [0, 0.1) is 6.92 Å². The maximum atomic E-state index is 10.5. The molecule has 2 N–H and O–H groups in total. The summed E-state index contributed by atoms with van der Waals surface area (Å²) in [6, 6.07) is 7.62. The van der Waals surface area contributed by atoms with Crippen molar-refractivity contribution in [3.8, 4) is 5.75 Å². The number of nitrogens with zero attached hydrogens (tertiary/aromatic N) is 1. The van der Waals surface area contributed by atoms with Crippen LogP contribution in [-0.4, -0.2) is 40.1 Å². The molecule has 0 aliphatic carbocycles. The van der Waals surface area contributed by atoms with Gasteiger partial charge in [0.05, 0.1) is 12.1 Å². The number of allylic oxidation sites excluding steroid dienone is 2.